The van der Waals surface area contributed by atoms with Crippen LogP contribution in [0.1, 0.15) is 5.56 Å². The Morgan fingerprint density at radius 3 is 2.52 bits per heavy atom. The number of carbonyl (C=O) groups is 1. The van der Waals surface area contributed by atoms with Crippen molar-refractivity contribution in [1.29, 1.82) is 0 Å². The third-order valence-corrected chi connectivity index (χ3v) is 3.55. The Morgan fingerprint density at radius 1 is 1.09 bits per heavy atom. The first-order chi connectivity index (χ1) is 11.2. The molecule has 0 bridgehead atoms. The topological polar surface area (TPSA) is 59.6 Å². The summed E-state index contributed by atoms with van der Waals surface area (Å²) in [6.45, 7) is 1.30. The molecule has 0 heterocycles. The Kier molecular flexibility index (Phi) is 6.75. The van der Waals surface area contributed by atoms with E-state index < -0.39 is 0 Å². The van der Waals surface area contributed by atoms with Crippen LogP contribution >= 0.6 is 15.9 Å². The summed E-state index contributed by atoms with van der Waals surface area (Å²) < 4.78 is 11.6. The predicted molar refractivity (Wildman–Crippen MR) is 92.9 cm³/mol. The fourth-order valence-electron chi connectivity index (χ4n) is 1.90. The molecule has 0 aliphatic rings. The van der Waals surface area contributed by atoms with E-state index in [1.165, 1.54) is 0 Å². The van der Waals surface area contributed by atoms with Gasteiger partial charge in [-0.15, -0.1) is 0 Å². The number of benzene rings is 2. The number of carbonyl (C=O) groups excluding carboxylic acids is 1. The zero-order chi connectivity index (χ0) is 16.5. The van der Waals surface area contributed by atoms with Crippen molar-refractivity contribution >= 4 is 22.0 Å². The summed E-state index contributed by atoms with van der Waals surface area (Å²) in [4.78, 5) is 11.7. The number of hydrogen-bond donors (Lipinski definition) is 2. The number of ether oxygens (including phenoxy) is 2. The SMILES string of the molecule is COc1ccc(OCCNC(=O)NCc2cccc(Br)c2)cc1. The van der Waals surface area contributed by atoms with E-state index in [1.54, 1.807) is 7.11 Å². The number of nitrogens with one attached hydrogen (secondary N) is 2. The van der Waals surface area contributed by atoms with Crippen molar-refractivity contribution in [2.75, 3.05) is 20.3 Å². The smallest absolute Gasteiger partial charge is 0.315 e. The Bertz CT molecular complexity index is 632. The summed E-state index contributed by atoms with van der Waals surface area (Å²) in [7, 11) is 1.62. The van der Waals surface area contributed by atoms with Crippen molar-refractivity contribution in [3.63, 3.8) is 0 Å². The number of methoxy groups -OCH3 is 1. The highest BCUT2D eigenvalue weighted by Crippen LogP contribution is 2.16. The van der Waals surface area contributed by atoms with Crippen molar-refractivity contribution in [2.24, 2.45) is 0 Å². The van der Waals surface area contributed by atoms with Gasteiger partial charge in [0.2, 0.25) is 0 Å². The highest BCUT2D eigenvalue weighted by Gasteiger charge is 2.01. The van der Waals surface area contributed by atoms with Gasteiger partial charge < -0.3 is 20.1 Å². The maximum Gasteiger partial charge on any atom is 0.315 e. The number of hydrogen-bond acceptors (Lipinski definition) is 3. The molecule has 2 amide bonds. The highest BCUT2D eigenvalue weighted by atomic mass is 79.9. The first-order valence-electron chi connectivity index (χ1n) is 7.20. The maximum absolute atomic E-state index is 11.7. The van der Waals surface area contributed by atoms with Gasteiger partial charge in [0.25, 0.3) is 0 Å². The summed E-state index contributed by atoms with van der Waals surface area (Å²) in [5.41, 5.74) is 1.03. The van der Waals surface area contributed by atoms with E-state index in [0.717, 1.165) is 21.5 Å². The molecule has 0 aliphatic carbocycles. The molecule has 2 rings (SSSR count). The van der Waals surface area contributed by atoms with Crippen LogP contribution in [0.4, 0.5) is 4.79 Å². The van der Waals surface area contributed by atoms with Crippen LogP contribution in [-0.4, -0.2) is 26.3 Å². The molecule has 2 N–H and O–H groups in total. The molecule has 0 aliphatic heterocycles. The lowest BCUT2D eigenvalue weighted by Crippen LogP contribution is -2.37. The third-order valence-electron chi connectivity index (χ3n) is 3.06. The second-order valence-electron chi connectivity index (χ2n) is 4.76. The van der Waals surface area contributed by atoms with Gasteiger partial charge in [0, 0.05) is 11.0 Å². The van der Waals surface area contributed by atoms with Crippen LogP contribution in [0, 0.1) is 0 Å². The van der Waals surface area contributed by atoms with Crippen molar-refractivity contribution in [2.45, 2.75) is 6.54 Å². The zero-order valence-corrected chi connectivity index (χ0v) is 14.4. The second-order valence-corrected chi connectivity index (χ2v) is 5.68. The minimum atomic E-state index is -0.219. The number of rotatable bonds is 7. The number of urea groups is 1. The molecule has 0 spiro atoms. The second kappa shape index (κ2) is 9.05. The van der Waals surface area contributed by atoms with Crippen molar-refractivity contribution in [3.05, 3.63) is 58.6 Å². The molecule has 0 aromatic heterocycles. The third kappa shape index (κ3) is 6.20. The molecule has 2 aromatic rings. The van der Waals surface area contributed by atoms with Gasteiger partial charge >= 0.3 is 6.03 Å². The monoisotopic (exact) mass is 378 g/mol. The normalized spacial score (nSPS) is 10.0. The van der Waals surface area contributed by atoms with E-state index in [9.17, 15) is 4.79 Å². The van der Waals surface area contributed by atoms with E-state index in [4.69, 9.17) is 9.47 Å². The summed E-state index contributed by atoms with van der Waals surface area (Å²) in [5.74, 6) is 1.52. The van der Waals surface area contributed by atoms with E-state index in [-0.39, 0.29) is 6.03 Å². The fourth-order valence-corrected chi connectivity index (χ4v) is 2.34. The molecule has 6 heteroatoms. The van der Waals surface area contributed by atoms with Crippen LogP contribution in [0.15, 0.2) is 53.0 Å². The molecule has 0 fully saturated rings. The van der Waals surface area contributed by atoms with Gasteiger partial charge in [0.15, 0.2) is 0 Å². The Hall–Kier alpha value is -2.21. The van der Waals surface area contributed by atoms with Gasteiger partial charge in [0.05, 0.1) is 13.7 Å². The number of amides is 2. The van der Waals surface area contributed by atoms with Crippen LogP contribution in [0.2, 0.25) is 0 Å². The van der Waals surface area contributed by atoms with Gasteiger partial charge in [-0.05, 0) is 42.0 Å². The van der Waals surface area contributed by atoms with Crippen LogP contribution in [-0.2, 0) is 6.54 Å². The lowest BCUT2D eigenvalue weighted by Gasteiger charge is -2.09. The highest BCUT2D eigenvalue weighted by molar-refractivity contribution is 9.10. The largest absolute Gasteiger partial charge is 0.497 e. The predicted octanol–water partition coefficient (Wildman–Crippen LogP) is 3.34. The van der Waals surface area contributed by atoms with Gasteiger partial charge in [-0.3, -0.25) is 0 Å². The minimum Gasteiger partial charge on any atom is -0.497 e. The molecule has 0 saturated carbocycles. The quantitative estimate of drug-likeness (QED) is 0.726. The molecule has 2 aromatic carbocycles. The zero-order valence-electron chi connectivity index (χ0n) is 12.8. The average Bonchev–Trinajstić information content (AvgIpc) is 2.57. The molecule has 0 atom stereocenters. The minimum absolute atomic E-state index is 0.219. The van der Waals surface area contributed by atoms with E-state index in [0.29, 0.717) is 19.7 Å². The molecule has 5 nitrogen and oxygen atoms in total. The lowest BCUT2D eigenvalue weighted by atomic mass is 10.2. The van der Waals surface area contributed by atoms with Crippen LogP contribution in [0.3, 0.4) is 0 Å². The number of halogens is 1. The molecule has 0 radical (unpaired) electrons. The van der Waals surface area contributed by atoms with Crippen LogP contribution in [0.5, 0.6) is 11.5 Å². The Balaban J connectivity index is 1.62. The van der Waals surface area contributed by atoms with Gasteiger partial charge in [-0.25, -0.2) is 4.79 Å². The van der Waals surface area contributed by atoms with Crippen molar-refractivity contribution in [1.82, 2.24) is 10.6 Å². The van der Waals surface area contributed by atoms with Crippen molar-refractivity contribution in [3.8, 4) is 11.5 Å². The summed E-state index contributed by atoms with van der Waals surface area (Å²) in [6.07, 6.45) is 0. The van der Waals surface area contributed by atoms with Crippen molar-refractivity contribution < 1.29 is 14.3 Å². The summed E-state index contributed by atoms with van der Waals surface area (Å²) in [5, 5.41) is 5.55. The maximum atomic E-state index is 11.7. The van der Waals surface area contributed by atoms with E-state index >= 15 is 0 Å². The van der Waals surface area contributed by atoms with E-state index in [1.807, 2.05) is 48.5 Å². The molecule has 0 saturated heterocycles. The molecular formula is C17H19BrN2O3. The summed E-state index contributed by atoms with van der Waals surface area (Å²) >= 11 is 3.40. The molecule has 0 unspecified atom stereocenters. The first kappa shape index (κ1) is 17.1. The Morgan fingerprint density at radius 2 is 1.83 bits per heavy atom. The van der Waals surface area contributed by atoms with Crippen LogP contribution in [0.25, 0.3) is 0 Å². The average molecular weight is 379 g/mol. The summed E-state index contributed by atoms with van der Waals surface area (Å²) in [6, 6.07) is 14.9. The molecule has 23 heavy (non-hydrogen) atoms. The Labute approximate surface area is 144 Å². The molecule has 122 valence electrons. The lowest BCUT2D eigenvalue weighted by molar-refractivity contribution is 0.236. The van der Waals surface area contributed by atoms with Crippen LogP contribution < -0.4 is 20.1 Å². The molecular weight excluding hydrogens is 360 g/mol. The fraction of sp³-hybridized carbons (Fsp3) is 0.235. The van der Waals surface area contributed by atoms with Gasteiger partial charge in [-0.2, -0.15) is 0 Å². The first-order valence-corrected chi connectivity index (χ1v) is 7.99. The van der Waals surface area contributed by atoms with Gasteiger partial charge in [0.1, 0.15) is 18.1 Å². The van der Waals surface area contributed by atoms with Gasteiger partial charge in [-0.1, -0.05) is 28.1 Å². The van der Waals surface area contributed by atoms with E-state index in [2.05, 4.69) is 26.6 Å². The standard InChI is InChI=1S/C17H19BrN2O3/c1-22-15-5-7-16(8-6-15)23-10-9-19-17(21)20-12-13-3-2-4-14(18)11-13/h2-8,11H,9-10,12H2,1H3,(H2,19,20,21).